The number of nitrogens with two attached hydrogens (primary N) is 2. The number of nitrogens with zero attached hydrogens (tertiary/aromatic N) is 2. The van der Waals surface area contributed by atoms with E-state index in [0.29, 0.717) is 17.8 Å². The second-order valence-electron chi connectivity index (χ2n) is 9.76. The number of hydrogen-bond donors (Lipinski definition) is 4. The summed E-state index contributed by atoms with van der Waals surface area (Å²) in [6.07, 6.45) is 4.38. The molecule has 190 valence electrons. The molecule has 0 saturated heterocycles. The third kappa shape index (κ3) is 7.74. The summed E-state index contributed by atoms with van der Waals surface area (Å²) in [6.45, 7) is 5.36. The SMILES string of the molecule is CC(=O)NC(CC(C)C)C(=O)NC(CC1CCC(N=C(N)N)CC1)C(=O)c1nc2ccccc2s1. The molecule has 1 aliphatic carbocycles. The fourth-order valence-corrected chi connectivity index (χ4v) is 5.59. The number of Topliss-reactive ketones (excluding diaryl/α,β-unsaturated/α-hetero) is 1. The number of aromatic nitrogens is 1. The molecule has 1 fully saturated rings. The van der Waals surface area contributed by atoms with E-state index in [1.165, 1.54) is 18.3 Å². The van der Waals surface area contributed by atoms with Crippen LogP contribution in [-0.2, 0) is 9.59 Å². The number of amides is 2. The highest BCUT2D eigenvalue weighted by atomic mass is 32.1. The molecule has 2 amide bonds. The molecule has 10 heteroatoms. The summed E-state index contributed by atoms with van der Waals surface area (Å²) in [5, 5.41) is 6.07. The normalized spacial score (nSPS) is 19.7. The van der Waals surface area contributed by atoms with Crippen molar-refractivity contribution in [2.24, 2.45) is 28.3 Å². The number of rotatable bonds is 10. The van der Waals surface area contributed by atoms with Crippen LogP contribution in [0.4, 0.5) is 0 Å². The number of guanidine groups is 1. The minimum atomic E-state index is -0.726. The van der Waals surface area contributed by atoms with Crippen LogP contribution in [0.15, 0.2) is 29.3 Å². The van der Waals surface area contributed by atoms with E-state index in [9.17, 15) is 14.4 Å². The van der Waals surface area contributed by atoms with Crippen LogP contribution in [0.1, 0.15) is 69.1 Å². The van der Waals surface area contributed by atoms with Crippen molar-refractivity contribution in [2.75, 3.05) is 0 Å². The molecule has 2 aromatic rings. The number of para-hydroxylation sites is 1. The lowest BCUT2D eigenvalue weighted by atomic mass is 9.82. The second kappa shape index (κ2) is 12.1. The average molecular weight is 501 g/mol. The number of nitrogens with one attached hydrogen (secondary N) is 2. The summed E-state index contributed by atoms with van der Waals surface area (Å²) in [5.41, 5.74) is 11.8. The molecule has 1 heterocycles. The molecule has 9 nitrogen and oxygen atoms in total. The topological polar surface area (TPSA) is 153 Å². The zero-order valence-corrected chi connectivity index (χ0v) is 21.4. The van der Waals surface area contributed by atoms with Gasteiger partial charge in [0, 0.05) is 6.92 Å². The first-order valence-electron chi connectivity index (χ1n) is 12.2. The second-order valence-corrected chi connectivity index (χ2v) is 10.8. The number of carbonyl (C=O) groups excluding carboxylic acids is 3. The Kier molecular flexibility index (Phi) is 9.20. The Morgan fingerprint density at radius 1 is 1.09 bits per heavy atom. The highest BCUT2D eigenvalue weighted by Crippen LogP contribution is 2.31. The third-order valence-corrected chi connectivity index (χ3v) is 7.31. The molecule has 0 aliphatic heterocycles. The average Bonchev–Trinajstić information content (AvgIpc) is 3.22. The Morgan fingerprint density at radius 2 is 1.77 bits per heavy atom. The predicted octanol–water partition coefficient (Wildman–Crippen LogP) is 2.74. The summed E-state index contributed by atoms with van der Waals surface area (Å²) >= 11 is 1.33. The van der Waals surface area contributed by atoms with Gasteiger partial charge in [0.05, 0.1) is 22.3 Å². The smallest absolute Gasteiger partial charge is 0.243 e. The largest absolute Gasteiger partial charge is 0.370 e. The van der Waals surface area contributed by atoms with Crippen LogP contribution in [-0.4, -0.2) is 46.7 Å². The number of hydrogen-bond acceptors (Lipinski definition) is 6. The van der Waals surface area contributed by atoms with Crippen LogP contribution in [0.25, 0.3) is 10.2 Å². The lowest BCUT2D eigenvalue weighted by Gasteiger charge is -2.30. The molecule has 1 aliphatic rings. The maximum atomic E-state index is 13.6. The van der Waals surface area contributed by atoms with Crippen molar-refractivity contribution in [3.05, 3.63) is 29.3 Å². The molecule has 1 saturated carbocycles. The molecule has 3 rings (SSSR count). The summed E-state index contributed by atoms with van der Waals surface area (Å²) in [7, 11) is 0. The van der Waals surface area contributed by atoms with Gasteiger partial charge >= 0.3 is 0 Å². The van der Waals surface area contributed by atoms with Gasteiger partial charge in [-0.05, 0) is 62.5 Å². The highest BCUT2D eigenvalue weighted by molar-refractivity contribution is 7.20. The number of fused-ring (bicyclic) bond motifs is 1. The molecule has 1 aromatic heterocycles. The van der Waals surface area contributed by atoms with Gasteiger partial charge in [-0.25, -0.2) is 4.98 Å². The molecule has 6 N–H and O–H groups in total. The van der Waals surface area contributed by atoms with Crippen molar-refractivity contribution in [2.45, 2.75) is 77.4 Å². The first kappa shape index (κ1) is 26.6. The lowest BCUT2D eigenvalue weighted by molar-refractivity contribution is -0.128. The summed E-state index contributed by atoms with van der Waals surface area (Å²) in [4.78, 5) is 47.3. The van der Waals surface area contributed by atoms with Crippen molar-refractivity contribution in [3.63, 3.8) is 0 Å². The van der Waals surface area contributed by atoms with E-state index in [1.807, 2.05) is 38.1 Å². The summed E-state index contributed by atoms with van der Waals surface area (Å²) < 4.78 is 0.926. The van der Waals surface area contributed by atoms with Crippen molar-refractivity contribution >= 4 is 45.1 Å². The molecule has 0 bridgehead atoms. The monoisotopic (exact) mass is 500 g/mol. The van der Waals surface area contributed by atoms with E-state index in [4.69, 9.17) is 11.5 Å². The van der Waals surface area contributed by atoms with Gasteiger partial charge < -0.3 is 22.1 Å². The van der Waals surface area contributed by atoms with Gasteiger partial charge in [-0.1, -0.05) is 26.0 Å². The van der Waals surface area contributed by atoms with E-state index < -0.39 is 12.1 Å². The van der Waals surface area contributed by atoms with Gasteiger partial charge in [0.15, 0.2) is 11.0 Å². The number of aliphatic imine (C=N–C) groups is 1. The Bertz CT molecular complexity index is 1040. The maximum absolute atomic E-state index is 13.6. The summed E-state index contributed by atoms with van der Waals surface area (Å²) in [5.74, 6) is -0.286. The van der Waals surface area contributed by atoms with Gasteiger partial charge in [0.2, 0.25) is 17.6 Å². The number of thiazole rings is 1. The van der Waals surface area contributed by atoms with E-state index in [1.54, 1.807) is 0 Å². The van der Waals surface area contributed by atoms with E-state index in [-0.39, 0.29) is 41.4 Å². The van der Waals surface area contributed by atoms with Gasteiger partial charge in [-0.15, -0.1) is 11.3 Å². The lowest BCUT2D eigenvalue weighted by Crippen LogP contribution is -2.52. The summed E-state index contributed by atoms with van der Waals surface area (Å²) in [6, 6.07) is 6.27. The van der Waals surface area contributed by atoms with Crippen molar-refractivity contribution < 1.29 is 14.4 Å². The fraction of sp³-hybridized carbons (Fsp3) is 0.560. The Balaban J connectivity index is 1.79. The zero-order valence-electron chi connectivity index (χ0n) is 20.6. The zero-order chi connectivity index (χ0) is 25.5. The molecule has 0 radical (unpaired) electrons. The van der Waals surface area contributed by atoms with E-state index >= 15 is 0 Å². The van der Waals surface area contributed by atoms with Crippen LogP contribution < -0.4 is 22.1 Å². The Morgan fingerprint density at radius 3 is 2.37 bits per heavy atom. The number of benzene rings is 1. The molecule has 2 unspecified atom stereocenters. The molecule has 35 heavy (non-hydrogen) atoms. The molecule has 2 atom stereocenters. The fourth-order valence-electron chi connectivity index (χ4n) is 4.63. The predicted molar refractivity (Wildman–Crippen MR) is 139 cm³/mol. The number of carbonyl (C=O) groups is 3. The third-order valence-electron chi connectivity index (χ3n) is 6.26. The van der Waals surface area contributed by atoms with Crippen molar-refractivity contribution in [1.82, 2.24) is 15.6 Å². The van der Waals surface area contributed by atoms with Gasteiger partial charge in [-0.3, -0.25) is 19.4 Å². The van der Waals surface area contributed by atoms with Gasteiger partial charge in [0.1, 0.15) is 6.04 Å². The Hall–Kier alpha value is -3.01. The van der Waals surface area contributed by atoms with E-state index in [0.717, 1.165) is 35.9 Å². The van der Waals surface area contributed by atoms with Gasteiger partial charge in [0.25, 0.3) is 0 Å². The quantitative estimate of drug-likeness (QED) is 0.224. The van der Waals surface area contributed by atoms with Gasteiger partial charge in [-0.2, -0.15) is 0 Å². The van der Waals surface area contributed by atoms with Crippen LogP contribution in [0.2, 0.25) is 0 Å². The molecular formula is C25H36N6O3S. The van der Waals surface area contributed by atoms with Crippen molar-refractivity contribution in [3.8, 4) is 0 Å². The van der Waals surface area contributed by atoms with E-state index in [2.05, 4.69) is 20.6 Å². The molecular weight excluding hydrogens is 464 g/mol. The van der Waals surface area contributed by atoms with Crippen LogP contribution in [0.3, 0.4) is 0 Å². The highest BCUT2D eigenvalue weighted by Gasteiger charge is 2.32. The molecule has 1 aromatic carbocycles. The van der Waals surface area contributed by atoms with Crippen LogP contribution >= 0.6 is 11.3 Å². The minimum absolute atomic E-state index is 0.0961. The van der Waals surface area contributed by atoms with Crippen LogP contribution in [0.5, 0.6) is 0 Å². The standard InChI is InChI=1S/C25H36N6O3S/c1-14(2)12-20(28-15(3)32)23(34)30-19(13-16-8-10-17(11-9-16)29-25(26)27)22(33)24-31-18-6-4-5-7-21(18)35-24/h4-7,14,16-17,19-20H,8-13H2,1-3H3,(H,28,32)(H,30,34)(H4,26,27,29). The Labute approximate surface area is 210 Å². The maximum Gasteiger partial charge on any atom is 0.243 e. The first-order chi connectivity index (χ1) is 16.6. The molecule has 0 spiro atoms. The number of ketones is 1. The van der Waals surface area contributed by atoms with Crippen LogP contribution in [0, 0.1) is 11.8 Å². The minimum Gasteiger partial charge on any atom is -0.370 e. The van der Waals surface area contributed by atoms with Crippen molar-refractivity contribution in [1.29, 1.82) is 0 Å². The first-order valence-corrected chi connectivity index (χ1v) is 13.0.